The Morgan fingerprint density at radius 3 is 1.25 bits per heavy atom. The monoisotopic (exact) mass is 308 g/mol. The Bertz CT molecular complexity index is 359. The van der Waals surface area contributed by atoms with Crippen molar-refractivity contribution >= 4 is 5.97 Å². The normalized spacial score (nSPS) is 15.2. The molecule has 0 aromatic heterocycles. The highest BCUT2D eigenvalue weighted by molar-refractivity contribution is 5.79. The zero-order valence-corrected chi connectivity index (χ0v) is 12.1. The Morgan fingerprint density at radius 2 is 1.05 bits per heavy atom. The minimum Gasteiger partial charge on any atom is -0.458 e. The molecule has 0 saturated heterocycles. The first-order chi connectivity index (χ1) is 8.38. The van der Waals surface area contributed by atoms with Gasteiger partial charge in [0.1, 0.15) is 5.60 Å². The van der Waals surface area contributed by atoms with Crippen molar-refractivity contribution in [2.45, 2.75) is 59.5 Å². The van der Waals surface area contributed by atoms with Gasteiger partial charge in [0.05, 0.1) is 0 Å². The van der Waals surface area contributed by atoms with Crippen LogP contribution >= 0.6 is 0 Å². The van der Waals surface area contributed by atoms with Crippen LogP contribution in [0.15, 0.2) is 0 Å². The number of ether oxygens (including phenoxy) is 1. The van der Waals surface area contributed by atoms with Gasteiger partial charge in [-0.2, -0.15) is 26.3 Å². The van der Waals surface area contributed by atoms with Gasteiger partial charge < -0.3 is 4.74 Å². The van der Waals surface area contributed by atoms with Crippen molar-refractivity contribution in [2.24, 2.45) is 10.8 Å². The van der Waals surface area contributed by atoms with Crippen LogP contribution in [-0.2, 0) is 9.53 Å². The molecule has 0 bridgehead atoms. The van der Waals surface area contributed by atoms with Crippen LogP contribution in [0.1, 0.15) is 41.5 Å². The summed E-state index contributed by atoms with van der Waals surface area (Å²) in [5.41, 5.74) is -6.88. The van der Waals surface area contributed by atoms with E-state index in [0.29, 0.717) is 0 Å². The largest absolute Gasteiger partial charge is 0.458 e. The van der Waals surface area contributed by atoms with Crippen LogP contribution in [0.5, 0.6) is 0 Å². The Labute approximate surface area is 113 Å². The Balaban J connectivity index is 5.65. The molecule has 0 amide bonds. The predicted molar refractivity (Wildman–Crippen MR) is 59.8 cm³/mol. The van der Waals surface area contributed by atoms with Crippen molar-refractivity contribution in [3.05, 3.63) is 0 Å². The number of esters is 1. The van der Waals surface area contributed by atoms with Crippen molar-refractivity contribution in [3.8, 4) is 0 Å². The summed E-state index contributed by atoms with van der Waals surface area (Å²) in [7, 11) is 0. The topological polar surface area (TPSA) is 26.3 Å². The number of carbonyl (C=O) groups is 1. The van der Waals surface area contributed by atoms with E-state index in [1.807, 2.05) is 0 Å². The lowest BCUT2D eigenvalue weighted by molar-refractivity contribution is -0.330. The Morgan fingerprint density at radius 1 is 0.750 bits per heavy atom. The van der Waals surface area contributed by atoms with Crippen molar-refractivity contribution in [1.82, 2.24) is 0 Å². The highest BCUT2D eigenvalue weighted by Crippen LogP contribution is 2.51. The molecule has 0 saturated carbocycles. The van der Waals surface area contributed by atoms with Crippen LogP contribution in [0.3, 0.4) is 0 Å². The van der Waals surface area contributed by atoms with Crippen molar-refractivity contribution in [1.29, 1.82) is 0 Å². The summed E-state index contributed by atoms with van der Waals surface area (Å²) < 4.78 is 80.8. The zero-order chi connectivity index (χ0) is 16.8. The molecule has 0 atom stereocenters. The van der Waals surface area contributed by atoms with E-state index in [2.05, 4.69) is 4.74 Å². The molecule has 120 valence electrons. The molecule has 0 heterocycles. The highest BCUT2D eigenvalue weighted by Gasteiger charge is 2.74. The van der Waals surface area contributed by atoms with Crippen molar-refractivity contribution < 1.29 is 35.9 Å². The molecule has 0 fully saturated rings. The number of halogens is 6. The zero-order valence-electron chi connectivity index (χ0n) is 12.1. The number of alkyl halides is 6. The fourth-order valence-electron chi connectivity index (χ4n) is 0.879. The van der Waals surface area contributed by atoms with E-state index in [9.17, 15) is 31.1 Å². The van der Waals surface area contributed by atoms with E-state index in [-0.39, 0.29) is 6.92 Å². The first-order valence-electron chi connectivity index (χ1n) is 5.75. The maximum atomic E-state index is 12.7. The van der Waals surface area contributed by atoms with Crippen molar-refractivity contribution in [2.75, 3.05) is 0 Å². The van der Waals surface area contributed by atoms with E-state index in [1.165, 1.54) is 13.8 Å². The van der Waals surface area contributed by atoms with Gasteiger partial charge in [0.25, 0.3) is 5.41 Å². The summed E-state index contributed by atoms with van der Waals surface area (Å²) in [5.74, 6) is -2.35. The molecule has 0 aliphatic carbocycles. The van der Waals surface area contributed by atoms with Gasteiger partial charge in [0.15, 0.2) is 0 Å². The average Bonchev–Trinajstić information content (AvgIpc) is 2.09. The summed E-state index contributed by atoms with van der Waals surface area (Å²) >= 11 is 0. The molecule has 8 heteroatoms. The minimum absolute atomic E-state index is 0.214. The summed E-state index contributed by atoms with van der Waals surface area (Å²) in [6, 6.07) is 0. The molecule has 0 spiro atoms. The third-order valence-electron chi connectivity index (χ3n) is 3.70. The molecular formula is C12H18F6O2. The first kappa shape index (κ1) is 19.1. The van der Waals surface area contributed by atoms with Gasteiger partial charge in [0.2, 0.25) is 0 Å². The number of rotatable bonds is 2. The molecule has 0 N–H and O–H groups in total. The number of hydrogen-bond donors (Lipinski definition) is 0. The van der Waals surface area contributed by atoms with Gasteiger partial charge >= 0.3 is 18.3 Å². The number of hydrogen-bond acceptors (Lipinski definition) is 2. The van der Waals surface area contributed by atoms with Crippen LogP contribution < -0.4 is 0 Å². The molecule has 0 rings (SSSR count). The van der Waals surface area contributed by atoms with Gasteiger partial charge in [-0.1, -0.05) is 20.8 Å². The summed E-state index contributed by atoms with van der Waals surface area (Å²) in [4.78, 5) is 11.6. The van der Waals surface area contributed by atoms with Crippen LogP contribution in [0.2, 0.25) is 0 Å². The second kappa shape index (κ2) is 4.80. The molecule has 0 aliphatic rings. The fraction of sp³-hybridized carbons (Fsp3) is 0.917. The third-order valence-corrected chi connectivity index (χ3v) is 3.70. The predicted octanol–water partition coefficient (Wildman–Crippen LogP) is 4.49. The molecular weight excluding hydrogens is 290 g/mol. The lowest BCUT2D eigenvalue weighted by atomic mass is 9.78. The van der Waals surface area contributed by atoms with Gasteiger partial charge in [0, 0.05) is 5.41 Å². The molecule has 0 aliphatic heterocycles. The number of carbonyl (C=O) groups excluding carboxylic acids is 1. The Hall–Kier alpha value is -0.950. The van der Waals surface area contributed by atoms with Gasteiger partial charge in [-0.05, 0) is 20.8 Å². The molecule has 0 radical (unpaired) electrons. The fourth-order valence-corrected chi connectivity index (χ4v) is 0.879. The quantitative estimate of drug-likeness (QED) is 0.555. The molecule has 0 aromatic carbocycles. The van der Waals surface area contributed by atoms with Crippen LogP contribution in [0.4, 0.5) is 26.3 Å². The average molecular weight is 308 g/mol. The van der Waals surface area contributed by atoms with E-state index < -0.39 is 34.8 Å². The summed E-state index contributed by atoms with van der Waals surface area (Å²) in [5, 5.41) is 0. The Kier molecular flexibility index (Phi) is 4.58. The van der Waals surface area contributed by atoms with Crippen LogP contribution in [0.25, 0.3) is 0 Å². The standard InChI is InChI=1S/C12H18F6O2/c1-8(2,3)9(4,5)20-7(19)10(6,11(13,14)15)12(16,17)18/h1-6H3. The molecule has 2 nitrogen and oxygen atoms in total. The van der Waals surface area contributed by atoms with Crippen LogP contribution in [0, 0.1) is 10.8 Å². The van der Waals surface area contributed by atoms with Crippen molar-refractivity contribution in [3.63, 3.8) is 0 Å². The smallest absolute Gasteiger partial charge is 0.413 e. The minimum atomic E-state index is -5.80. The van der Waals surface area contributed by atoms with E-state index in [0.717, 1.165) is 0 Å². The van der Waals surface area contributed by atoms with Crippen LogP contribution in [-0.4, -0.2) is 23.9 Å². The van der Waals surface area contributed by atoms with E-state index in [4.69, 9.17) is 0 Å². The third kappa shape index (κ3) is 3.20. The van der Waals surface area contributed by atoms with E-state index in [1.54, 1.807) is 20.8 Å². The lowest BCUT2D eigenvalue weighted by Gasteiger charge is -2.41. The summed E-state index contributed by atoms with van der Waals surface area (Å²) in [6.07, 6.45) is -11.6. The molecule has 0 unspecified atom stereocenters. The van der Waals surface area contributed by atoms with Gasteiger partial charge in [-0.15, -0.1) is 0 Å². The second-order valence-electron chi connectivity index (χ2n) is 6.27. The van der Waals surface area contributed by atoms with E-state index >= 15 is 0 Å². The molecule has 0 aromatic rings. The van der Waals surface area contributed by atoms with Gasteiger partial charge in [-0.3, -0.25) is 4.79 Å². The first-order valence-corrected chi connectivity index (χ1v) is 5.75. The van der Waals surface area contributed by atoms with Gasteiger partial charge in [-0.25, -0.2) is 0 Å². The lowest BCUT2D eigenvalue weighted by Crippen LogP contribution is -2.56. The SMILES string of the molecule is CC(C)(C)C(C)(C)OC(=O)C(C)(C(F)(F)F)C(F)(F)F. The second-order valence-corrected chi connectivity index (χ2v) is 6.27. The maximum Gasteiger partial charge on any atom is 0.413 e. The molecule has 20 heavy (non-hydrogen) atoms. The maximum absolute atomic E-state index is 12.7. The highest BCUT2D eigenvalue weighted by atomic mass is 19.4. The summed E-state index contributed by atoms with van der Waals surface area (Å²) in [6.45, 7) is 6.93.